The molecular weight excluding hydrogens is 246 g/mol. The zero-order valence-electron chi connectivity index (χ0n) is 7.50. The maximum atomic E-state index is 11.5. The van der Waals surface area contributed by atoms with Crippen LogP contribution in [-0.4, -0.2) is 24.1 Å². The lowest BCUT2D eigenvalue weighted by Crippen LogP contribution is -2.26. The fourth-order valence-electron chi connectivity index (χ4n) is 1.06. The average molecular weight is 256 g/mol. The van der Waals surface area contributed by atoms with Crippen LogP contribution in [0.4, 0.5) is 0 Å². The van der Waals surface area contributed by atoms with E-state index >= 15 is 0 Å². The van der Waals surface area contributed by atoms with E-state index in [0.29, 0.717) is 29.3 Å². The molecule has 1 aromatic carbocycles. The Morgan fingerprint density at radius 1 is 1.43 bits per heavy atom. The molecule has 0 aliphatic carbocycles. The van der Waals surface area contributed by atoms with Crippen molar-refractivity contribution >= 4 is 28.1 Å². The van der Waals surface area contributed by atoms with Gasteiger partial charge < -0.3 is 5.32 Å². The number of alkyl halides is 1. The molecular formula is C10H10BrNO2. The molecule has 0 unspecified atom stereocenters. The van der Waals surface area contributed by atoms with Crippen molar-refractivity contribution in [2.75, 3.05) is 11.9 Å². The van der Waals surface area contributed by atoms with Gasteiger partial charge in [-0.15, -0.1) is 0 Å². The Balaban J connectivity index is 2.83. The van der Waals surface area contributed by atoms with Gasteiger partial charge >= 0.3 is 0 Å². The third kappa shape index (κ3) is 2.67. The Hall–Kier alpha value is -1.16. The molecule has 0 radical (unpaired) electrons. The first-order valence-electron chi connectivity index (χ1n) is 4.18. The quantitative estimate of drug-likeness (QED) is 0.657. The van der Waals surface area contributed by atoms with E-state index in [0.717, 1.165) is 0 Å². The second-order valence-corrected chi connectivity index (χ2v) is 3.44. The van der Waals surface area contributed by atoms with Gasteiger partial charge in [-0.05, 0) is 6.07 Å². The lowest BCUT2D eigenvalue weighted by atomic mass is 10.1. The number of amides is 1. The van der Waals surface area contributed by atoms with E-state index in [1.54, 1.807) is 24.3 Å². The van der Waals surface area contributed by atoms with Crippen LogP contribution in [0, 0.1) is 0 Å². The number of carbonyl (C=O) groups excluding carboxylic acids is 2. The van der Waals surface area contributed by atoms with Gasteiger partial charge in [-0.3, -0.25) is 9.59 Å². The summed E-state index contributed by atoms with van der Waals surface area (Å²) < 4.78 is 0. The van der Waals surface area contributed by atoms with E-state index in [4.69, 9.17) is 0 Å². The van der Waals surface area contributed by atoms with Gasteiger partial charge in [0.1, 0.15) is 0 Å². The Labute approximate surface area is 90.6 Å². The first-order valence-corrected chi connectivity index (χ1v) is 5.30. The summed E-state index contributed by atoms with van der Waals surface area (Å²) in [6.45, 7) is 0.548. The summed E-state index contributed by atoms with van der Waals surface area (Å²) in [4.78, 5) is 22.1. The van der Waals surface area contributed by atoms with E-state index in [9.17, 15) is 9.59 Å². The molecule has 0 bridgehead atoms. The van der Waals surface area contributed by atoms with Crippen LogP contribution in [-0.2, 0) is 0 Å². The highest BCUT2D eigenvalue weighted by atomic mass is 79.9. The molecule has 4 heteroatoms. The van der Waals surface area contributed by atoms with Crippen LogP contribution in [0.25, 0.3) is 0 Å². The van der Waals surface area contributed by atoms with Gasteiger partial charge in [-0.2, -0.15) is 0 Å². The summed E-state index contributed by atoms with van der Waals surface area (Å²) in [5.41, 5.74) is 0.836. The van der Waals surface area contributed by atoms with Crippen molar-refractivity contribution in [3.63, 3.8) is 0 Å². The number of hydrogen-bond donors (Lipinski definition) is 1. The molecule has 3 nitrogen and oxygen atoms in total. The largest absolute Gasteiger partial charge is 0.351 e. The average Bonchev–Trinajstić information content (AvgIpc) is 2.25. The third-order valence-electron chi connectivity index (χ3n) is 1.71. The molecule has 0 fully saturated rings. The summed E-state index contributed by atoms with van der Waals surface area (Å²) in [6.07, 6.45) is 0.684. The number of hydrogen-bond acceptors (Lipinski definition) is 2. The SMILES string of the molecule is O=Cc1ccccc1C(=O)NCCBr. The molecule has 0 aromatic heterocycles. The molecule has 0 saturated carbocycles. The molecule has 1 aromatic rings. The monoisotopic (exact) mass is 255 g/mol. The summed E-state index contributed by atoms with van der Waals surface area (Å²) in [6, 6.07) is 6.71. The smallest absolute Gasteiger partial charge is 0.252 e. The van der Waals surface area contributed by atoms with Gasteiger partial charge in [0.05, 0.1) is 0 Å². The molecule has 0 atom stereocenters. The molecule has 1 rings (SSSR count). The zero-order chi connectivity index (χ0) is 10.4. The van der Waals surface area contributed by atoms with Crippen molar-refractivity contribution in [2.24, 2.45) is 0 Å². The van der Waals surface area contributed by atoms with Crippen LogP contribution in [0.3, 0.4) is 0 Å². The van der Waals surface area contributed by atoms with Crippen molar-refractivity contribution in [1.82, 2.24) is 5.32 Å². The fourth-order valence-corrected chi connectivity index (χ4v) is 1.26. The molecule has 0 heterocycles. The first kappa shape index (κ1) is 10.9. The number of rotatable bonds is 4. The molecule has 0 saturated heterocycles. The molecule has 74 valence electrons. The fraction of sp³-hybridized carbons (Fsp3) is 0.200. The van der Waals surface area contributed by atoms with Crippen molar-refractivity contribution in [3.8, 4) is 0 Å². The van der Waals surface area contributed by atoms with Crippen LogP contribution >= 0.6 is 15.9 Å². The normalized spacial score (nSPS) is 9.50. The zero-order valence-corrected chi connectivity index (χ0v) is 9.08. The van der Waals surface area contributed by atoms with E-state index in [2.05, 4.69) is 21.2 Å². The molecule has 14 heavy (non-hydrogen) atoms. The van der Waals surface area contributed by atoms with Crippen molar-refractivity contribution in [3.05, 3.63) is 35.4 Å². The van der Waals surface area contributed by atoms with E-state index in [1.807, 2.05) is 0 Å². The minimum atomic E-state index is -0.216. The van der Waals surface area contributed by atoms with Crippen LogP contribution in [0.15, 0.2) is 24.3 Å². The lowest BCUT2D eigenvalue weighted by Gasteiger charge is -2.04. The van der Waals surface area contributed by atoms with Gasteiger partial charge in [-0.1, -0.05) is 34.1 Å². The van der Waals surface area contributed by atoms with Gasteiger partial charge in [-0.25, -0.2) is 0 Å². The van der Waals surface area contributed by atoms with E-state index in [-0.39, 0.29) is 5.91 Å². The second-order valence-electron chi connectivity index (χ2n) is 2.65. The summed E-state index contributed by atoms with van der Waals surface area (Å²) >= 11 is 3.20. The van der Waals surface area contributed by atoms with Gasteiger partial charge in [0.15, 0.2) is 6.29 Å². The van der Waals surface area contributed by atoms with E-state index < -0.39 is 0 Å². The minimum Gasteiger partial charge on any atom is -0.351 e. The highest BCUT2D eigenvalue weighted by Crippen LogP contribution is 2.05. The number of halogens is 1. The number of carbonyl (C=O) groups is 2. The molecule has 0 aliphatic heterocycles. The maximum absolute atomic E-state index is 11.5. The predicted octanol–water partition coefficient (Wildman–Crippen LogP) is 1.62. The topological polar surface area (TPSA) is 46.2 Å². The summed E-state index contributed by atoms with van der Waals surface area (Å²) in [5, 5.41) is 3.38. The standard InChI is InChI=1S/C10H10BrNO2/c11-5-6-12-10(14)9-4-2-1-3-8(9)7-13/h1-4,7H,5-6H2,(H,12,14). The molecule has 0 aliphatic rings. The highest BCUT2D eigenvalue weighted by Gasteiger charge is 2.08. The highest BCUT2D eigenvalue weighted by molar-refractivity contribution is 9.09. The molecule has 1 N–H and O–H groups in total. The third-order valence-corrected chi connectivity index (χ3v) is 2.11. The van der Waals surface area contributed by atoms with Gasteiger partial charge in [0, 0.05) is 23.0 Å². The maximum Gasteiger partial charge on any atom is 0.252 e. The second kappa shape index (κ2) is 5.54. The Morgan fingerprint density at radius 3 is 2.79 bits per heavy atom. The number of aldehydes is 1. The van der Waals surface area contributed by atoms with Crippen molar-refractivity contribution in [1.29, 1.82) is 0 Å². The Morgan fingerprint density at radius 2 is 2.14 bits per heavy atom. The van der Waals surface area contributed by atoms with Crippen LogP contribution in [0.1, 0.15) is 20.7 Å². The Bertz CT molecular complexity index is 339. The van der Waals surface area contributed by atoms with Crippen LogP contribution in [0.2, 0.25) is 0 Å². The molecule has 0 spiro atoms. The van der Waals surface area contributed by atoms with Gasteiger partial charge in [0.25, 0.3) is 5.91 Å². The van der Waals surface area contributed by atoms with Crippen molar-refractivity contribution in [2.45, 2.75) is 0 Å². The van der Waals surface area contributed by atoms with Crippen LogP contribution in [0.5, 0.6) is 0 Å². The number of nitrogens with one attached hydrogen (secondary N) is 1. The molecule has 1 amide bonds. The Kier molecular flexibility index (Phi) is 4.32. The first-order chi connectivity index (χ1) is 6.79. The summed E-state index contributed by atoms with van der Waals surface area (Å²) in [7, 11) is 0. The minimum absolute atomic E-state index is 0.216. The van der Waals surface area contributed by atoms with Gasteiger partial charge in [0.2, 0.25) is 0 Å². The number of benzene rings is 1. The lowest BCUT2D eigenvalue weighted by molar-refractivity contribution is 0.0950. The van der Waals surface area contributed by atoms with Crippen LogP contribution < -0.4 is 5.32 Å². The summed E-state index contributed by atoms with van der Waals surface area (Å²) in [5.74, 6) is -0.216. The van der Waals surface area contributed by atoms with Crippen molar-refractivity contribution < 1.29 is 9.59 Å². The predicted molar refractivity (Wildman–Crippen MR) is 58.0 cm³/mol. The van der Waals surface area contributed by atoms with E-state index in [1.165, 1.54) is 0 Å².